The van der Waals surface area contributed by atoms with E-state index >= 15 is 0 Å². The molecule has 1 aromatic carbocycles. The first-order valence-corrected chi connectivity index (χ1v) is 5.43. The van der Waals surface area contributed by atoms with Crippen molar-refractivity contribution >= 4 is 11.8 Å². The molecule has 3 N–H and O–H groups in total. The van der Waals surface area contributed by atoms with Gasteiger partial charge >= 0.3 is 6.09 Å². The van der Waals surface area contributed by atoms with Gasteiger partial charge in [-0.2, -0.15) is 5.10 Å². The van der Waals surface area contributed by atoms with Gasteiger partial charge in [0, 0.05) is 17.4 Å². The summed E-state index contributed by atoms with van der Waals surface area (Å²) in [6.45, 7) is -0.157. The summed E-state index contributed by atoms with van der Waals surface area (Å²) in [4.78, 5) is 12.1. The molecule has 0 saturated carbocycles. The van der Waals surface area contributed by atoms with Gasteiger partial charge in [-0.3, -0.25) is 10.00 Å². The zero-order valence-corrected chi connectivity index (χ0v) is 9.58. The predicted octanol–water partition coefficient (Wildman–Crippen LogP) is 1.55. The summed E-state index contributed by atoms with van der Waals surface area (Å²) >= 11 is 0. The quantitative estimate of drug-likeness (QED) is 0.764. The smallest absolute Gasteiger partial charge is 0.411 e. The summed E-state index contributed by atoms with van der Waals surface area (Å²) < 4.78 is 0. The van der Waals surface area contributed by atoms with Crippen molar-refractivity contribution in [1.82, 2.24) is 10.2 Å². The minimum absolute atomic E-state index is 0.0559. The van der Waals surface area contributed by atoms with Crippen molar-refractivity contribution in [3.05, 3.63) is 36.7 Å². The lowest BCUT2D eigenvalue weighted by Gasteiger charge is -2.18. The lowest BCUT2D eigenvalue weighted by Crippen LogP contribution is -2.31. The first-order valence-electron chi connectivity index (χ1n) is 5.43. The second-order valence-corrected chi connectivity index (χ2v) is 3.69. The van der Waals surface area contributed by atoms with Gasteiger partial charge in [-0.05, 0) is 17.7 Å². The van der Waals surface area contributed by atoms with Gasteiger partial charge in [0.1, 0.15) is 0 Å². The maximum absolute atomic E-state index is 11.0. The van der Waals surface area contributed by atoms with Crippen LogP contribution >= 0.6 is 0 Å². The molecule has 6 nitrogen and oxygen atoms in total. The van der Waals surface area contributed by atoms with Crippen molar-refractivity contribution in [3.63, 3.8) is 0 Å². The average molecular weight is 247 g/mol. The van der Waals surface area contributed by atoms with E-state index in [4.69, 9.17) is 10.2 Å². The molecule has 0 aliphatic carbocycles. The normalized spacial score (nSPS) is 10.3. The Labute approximate surface area is 103 Å². The van der Waals surface area contributed by atoms with E-state index in [1.54, 1.807) is 24.5 Å². The van der Waals surface area contributed by atoms with Gasteiger partial charge in [0.15, 0.2) is 0 Å². The summed E-state index contributed by atoms with van der Waals surface area (Å²) in [5.74, 6) is 0. The summed E-state index contributed by atoms with van der Waals surface area (Å²) in [5, 5.41) is 24.4. The highest BCUT2D eigenvalue weighted by Crippen LogP contribution is 2.22. The Bertz CT molecular complexity index is 508. The van der Waals surface area contributed by atoms with Gasteiger partial charge in [-0.1, -0.05) is 12.1 Å². The van der Waals surface area contributed by atoms with Gasteiger partial charge in [-0.15, -0.1) is 0 Å². The van der Waals surface area contributed by atoms with Crippen molar-refractivity contribution in [1.29, 1.82) is 0 Å². The number of H-pyrrole nitrogens is 1. The summed E-state index contributed by atoms with van der Waals surface area (Å²) in [6.07, 6.45) is 2.37. The highest BCUT2D eigenvalue weighted by Gasteiger charge is 2.13. The van der Waals surface area contributed by atoms with Crippen molar-refractivity contribution < 1.29 is 15.0 Å². The minimum atomic E-state index is -1.08. The van der Waals surface area contributed by atoms with Crippen LogP contribution < -0.4 is 4.90 Å². The Kier molecular flexibility index (Phi) is 3.59. The van der Waals surface area contributed by atoms with Crippen molar-refractivity contribution in [2.75, 3.05) is 18.1 Å². The van der Waals surface area contributed by atoms with E-state index in [-0.39, 0.29) is 13.2 Å². The molecule has 6 heteroatoms. The summed E-state index contributed by atoms with van der Waals surface area (Å²) in [7, 11) is 0. The molecule has 2 aromatic rings. The van der Waals surface area contributed by atoms with E-state index in [2.05, 4.69) is 10.2 Å². The standard InChI is InChI=1S/C12H13N3O3/c16-6-5-15(12(17)18)11-3-1-9(2-4-11)10-7-13-14-8-10/h1-4,7-8,16H,5-6H2,(H,13,14)(H,17,18). The highest BCUT2D eigenvalue weighted by atomic mass is 16.4. The van der Waals surface area contributed by atoms with Crippen LogP contribution in [0.3, 0.4) is 0 Å². The number of aliphatic hydroxyl groups excluding tert-OH is 1. The maximum Gasteiger partial charge on any atom is 0.411 e. The van der Waals surface area contributed by atoms with Crippen LogP contribution in [0.25, 0.3) is 11.1 Å². The molecule has 1 heterocycles. The molecule has 1 aromatic heterocycles. The molecule has 0 radical (unpaired) electrons. The Morgan fingerprint density at radius 3 is 2.50 bits per heavy atom. The first kappa shape index (κ1) is 12.1. The number of hydrogen-bond acceptors (Lipinski definition) is 3. The molecule has 94 valence electrons. The fraction of sp³-hybridized carbons (Fsp3) is 0.167. The zero-order chi connectivity index (χ0) is 13.0. The van der Waals surface area contributed by atoms with Crippen LogP contribution in [-0.2, 0) is 0 Å². The Hall–Kier alpha value is -2.34. The predicted molar refractivity (Wildman–Crippen MR) is 66.5 cm³/mol. The number of nitrogens with one attached hydrogen (secondary N) is 1. The van der Waals surface area contributed by atoms with Crippen LogP contribution in [0.4, 0.5) is 10.5 Å². The van der Waals surface area contributed by atoms with Gasteiger partial charge in [0.25, 0.3) is 0 Å². The van der Waals surface area contributed by atoms with Crippen molar-refractivity contribution in [3.8, 4) is 11.1 Å². The number of amides is 1. The third kappa shape index (κ3) is 2.49. The fourth-order valence-corrected chi connectivity index (χ4v) is 1.68. The molecule has 18 heavy (non-hydrogen) atoms. The van der Waals surface area contributed by atoms with E-state index in [1.807, 2.05) is 12.1 Å². The fourth-order valence-electron chi connectivity index (χ4n) is 1.68. The number of carbonyl (C=O) groups is 1. The molecule has 2 rings (SSSR count). The molecule has 0 atom stereocenters. The molecule has 1 amide bonds. The number of anilines is 1. The second-order valence-electron chi connectivity index (χ2n) is 3.69. The zero-order valence-electron chi connectivity index (χ0n) is 9.58. The van der Waals surface area contributed by atoms with Crippen molar-refractivity contribution in [2.24, 2.45) is 0 Å². The third-order valence-electron chi connectivity index (χ3n) is 2.57. The SMILES string of the molecule is O=C(O)N(CCO)c1ccc(-c2cn[nH]c2)cc1. The Morgan fingerprint density at radius 2 is 2.00 bits per heavy atom. The van der Waals surface area contributed by atoms with Crippen LogP contribution in [0, 0.1) is 0 Å². The monoisotopic (exact) mass is 247 g/mol. The first-order chi connectivity index (χ1) is 8.72. The lowest BCUT2D eigenvalue weighted by atomic mass is 10.1. The second kappa shape index (κ2) is 5.33. The van der Waals surface area contributed by atoms with Gasteiger partial charge in [0.2, 0.25) is 0 Å². The molecule has 0 aliphatic rings. The summed E-state index contributed by atoms with van der Waals surface area (Å²) in [5.41, 5.74) is 2.41. The molecule has 0 fully saturated rings. The topological polar surface area (TPSA) is 89.4 Å². The highest BCUT2D eigenvalue weighted by molar-refractivity contribution is 5.86. The number of carboxylic acid groups (broad SMARTS) is 1. The number of nitrogens with zero attached hydrogens (tertiary/aromatic N) is 2. The van der Waals surface area contributed by atoms with Crippen LogP contribution in [-0.4, -0.2) is 39.7 Å². The van der Waals surface area contributed by atoms with Gasteiger partial charge in [0.05, 0.1) is 19.3 Å². The number of benzene rings is 1. The molecule has 0 spiro atoms. The largest absolute Gasteiger partial charge is 0.465 e. The molecular weight excluding hydrogens is 234 g/mol. The number of aromatic amines is 1. The van der Waals surface area contributed by atoms with E-state index < -0.39 is 6.09 Å². The van der Waals surface area contributed by atoms with Crippen LogP contribution in [0.2, 0.25) is 0 Å². The number of hydrogen-bond donors (Lipinski definition) is 3. The Balaban J connectivity index is 2.23. The maximum atomic E-state index is 11.0. The van der Waals surface area contributed by atoms with E-state index in [9.17, 15) is 4.79 Å². The van der Waals surface area contributed by atoms with Crippen LogP contribution in [0.15, 0.2) is 36.7 Å². The summed E-state index contributed by atoms with van der Waals surface area (Å²) in [6, 6.07) is 7.03. The van der Waals surface area contributed by atoms with Crippen LogP contribution in [0.1, 0.15) is 0 Å². The van der Waals surface area contributed by atoms with Crippen molar-refractivity contribution in [2.45, 2.75) is 0 Å². The molecule has 0 saturated heterocycles. The van der Waals surface area contributed by atoms with Gasteiger partial charge in [-0.25, -0.2) is 4.79 Å². The third-order valence-corrected chi connectivity index (χ3v) is 2.57. The average Bonchev–Trinajstić information content (AvgIpc) is 2.90. The number of rotatable bonds is 4. The van der Waals surface area contributed by atoms with E-state index in [0.29, 0.717) is 5.69 Å². The van der Waals surface area contributed by atoms with Crippen LogP contribution in [0.5, 0.6) is 0 Å². The van der Waals surface area contributed by atoms with E-state index in [0.717, 1.165) is 16.0 Å². The lowest BCUT2D eigenvalue weighted by molar-refractivity contribution is 0.198. The number of aliphatic hydroxyl groups is 1. The van der Waals surface area contributed by atoms with Gasteiger partial charge < -0.3 is 10.2 Å². The molecule has 0 unspecified atom stereocenters. The molecular formula is C12H13N3O3. The molecule has 0 bridgehead atoms. The minimum Gasteiger partial charge on any atom is -0.465 e. The van der Waals surface area contributed by atoms with E-state index in [1.165, 1.54) is 0 Å². The molecule has 0 aliphatic heterocycles. The number of aromatic nitrogens is 2. The Morgan fingerprint density at radius 1 is 1.28 bits per heavy atom.